The van der Waals surface area contributed by atoms with Gasteiger partial charge in [-0.05, 0) is 6.07 Å². The van der Waals surface area contributed by atoms with E-state index in [4.69, 9.17) is 46.7 Å². The van der Waals surface area contributed by atoms with Gasteiger partial charge in [0.25, 0.3) is 0 Å². The molecule has 2 aliphatic rings. The first-order chi connectivity index (χ1) is 27.0. The lowest BCUT2D eigenvalue weighted by molar-refractivity contribution is 0.291. The molecule has 7 aromatic rings. The molecule has 0 aliphatic carbocycles. The molecule has 24 heteroatoms. The molecule has 0 saturated heterocycles. The van der Waals surface area contributed by atoms with E-state index in [2.05, 4.69) is 4.98 Å². The maximum atomic E-state index is 12.3. The number of rotatable bonds is 8. The van der Waals surface area contributed by atoms with Gasteiger partial charge in [-0.3, -0.25) is 22.5 Å². The Morgan fingerprint density at radius 3 is 1.43 bits per heavy atom. The van der Waals surface area contributed by atoms with E-state index in [0.717, 1.165) is 10.8 Å². The van der Waals surface area contributed by atoms with Gasteiger partial charge in [0.2, 0.25) is 11.5 Å². The van der Waals surface area contributed by atoms with E-state index in [-0.39, 0.29) is 56.7 Å². The van der Waals surface area contributed by atoms with Crippen LogP contribution in [-0.2, 0) is 45.4 Å². The molecular formula is C32H18N8O12S4. The van der Waals surface area contributed by atoms with Crippen LogP contribution in [0.5, 0.6) is 17.2 Å². The van der Waals surface area contributed by atoms with Crippen LogP contribution in [0.4, 0.5) is 0 Å². The molecule has 282 valence electrons. The van der Waals surface area contributed by atoms with Gasteiger partial charge in [-0.1, -0.05) is 72.8 Å². The molecule has 0 saturated carbocycles. The van der Waals surface area contributed by atoms with Crippen LogP contribution in [-0.4, -0.2) is 74.7 Å². The number of aromatic nitrogens is 8. The fourth-order valence-corrected chi connectivity index (χ4v) is 7.52. The normalized spacial score (nSPS) is 14.1. The summed E-state index contributed by atoms with van der Waals surface area (Å²) in [6, 6.07) is 21.8. The molecule has 56 heavy (non-hydrogen) atoms. The average Bonchev–Trinajstić information content (AvgIpc) is 3.87. The second-order valence-corrected chi connectivity index (χ2v) is 13.9. The zero-order valence-corrected chi connectivity index (χ0v) is 30.6. The van der Waals surface area contributed by atoms with Crippen molar-refractivity contribution in [2.24, 2.45) is 0 Å². The highest BCUT2D eigenvalue weighted by Crippen LogP contribution is 2.48. The molecule has 9 rings (SSSR count). The van der Waals surface area contributed by atoms with Crippen LogP contribution in [0.1, 0.15) is 0 Å². The third-order valence-corrected chi connectivity index (χ3v) is 9.65. The van der Waals surface area contributed by atoms with Crippen molar-refractivity contribution < 1.29 is 51.9 Å². The predicted molar refractivity (Wildman–Crippen MR) is 201 cm³/mol. The second kappa shape index (κ2) is 13.9. The number of H-pyrrole nitrogens is 1. The van der Waals surface area contributed by atoms with Crippen LogP contribution < -0.4 is 16.8 Å². The van der Waals surface area contributed by atoms with Gasteiger partial charge in [0.15, 0.2) is 40.3 Å². The summed E-state index contributed by atoms with van der Waals surface area (Å²) in [6.45, 7) is 0. The third kappa shape index (κ3) is 6.14. The number of nitrogens with zero attached hydrogens (tertiary/aromatic N) is 7. The Bertz CT molecular complexity index is 3110. The zero-order chi connectivity index (χ0) is 38.8. The number of benzene rings is 4. The van der Waals surface area contributed by atoms with Crippen LogP contribution in [0.25, 0.3) is 89.7 Å². The predicted octanol–water partition coefficient (Wildman–Crippen LogP) is 4.45. The standard InChI is InChI=1S/C32H18N8O12S4/c41-53(42)49-21-13-20-22(24(51-55(45)46)23(21)50-54(43)44)30-36-26-15-8-2-4-10-17(15)28(34-26)39-32-19-12-6-5-11-18(19)31(40(32)52-56(47)48)38-27-16-9-3-1-7-14(16)25(33-27)35-29(20)37-30/h1-13H,(H,41,42)(H,43,44)(H,45,46)(H,47,48)(H,33,34,35,36,37,38,39). The topological polar surface area (TPSA) is 284 Å². The summed E-state index contributed by atoms with van der Waals surface area (Å²) in [6.07, 6.45) is 0. The molecule has 0 radical (unpaired) electrons. The summed E-state index contributed by atoms with van der Waals surface area (Å²) in [5.74, 6) is -1.89. The van der Waals surface area contributed by atoms with Gasteiger partial charge < -0.3 is 17.5 Å². The SMILES string of the molecule is O=S(O)Oc1cc2c3nc4nc(nc5c6ccccc6c(nc6nc(nc([nH]3)c2c(OS(=O)O)c1OS(=O)O)-c1ccccc1-6)n5OS(=O)O)-c1ccccc1-4. The summed E-state index contributed by atoms with van der Waals surface area (Å²) in [4.78, 5) is 31.6. The number of hydrogen-bond donors (Lipinski definition) is 5. The van der Waals surface area contributed by atoms with Crippen LogP contribution in [0, 0.1) is 0 Å². The van der Waals surface area contributed by atoms with Gasteiger partial charge in [0.1, 0.15) is 11.3 Å². The molecule has 20 nitrogen and oxygen atoms in total. The van der Waals surface area contributed by atoms with E-state index < -0.39 is 62.7 Å². The molecule has 8 bridgehead atoms. The van der Waals surface area contributed by atoms with Crippen LogP contribution >= 0.6 is 0 Å². The molecule has 0 fully saturated rings. The maximum absolute atomic E-state index is 12.3. The van der Waals surface area contributed by atoms with E-state index in [1.165, 1.54) is 0 Å². The van der Waals surface area contributed by atoms with Gasteiger partial charge in [0.05, 0.1) is 5.39 Å². The van der Waals surface area contributed by atoms with E-state index in [1.54, 1.807) is 72.8 Å². The monoisotopic (exact) mass is 834 g/mol. The molecule has 5 heterocycles. The molecule has 4 aromatic carbocycles. The fourth-order valence-electron chi connectivity index (χ4n) is 6.37. The highest BCUT2D eigenvalue weighted by atomic mass is 32.2. The minimum Gasteiger partial charge on any atom is -0.376 e. The number of fused-ring (bicyclic) bond motifs is 20. The quantitative estimate of drug-likeness (QED) is 0.132. The highest BCUT2D eigenvalue weighted by molar-refractivity contribution is 7.75. The van der Waals surface area contributed by atoms with Gasteiger partial charge in [-0.2, -0.15) is 16.8 Å². The Balaban J connectivity index is 1.53. The fraction of sp³-hybridized carbons (Fsp3) is 0. The van der Waals surface area contributed by atoms with Gasteiger partial charge in [-0.15, -0.1) is 4.73 Å². The van der Waals surface area contributed by atoms with Crippen LogP contribution in [0.2, 0.25) is 0 Å². The van der Waals surface area contributed by atoms with Gasteiger partial charge in [0, 0.05) is 38.4 Å². The Kier molecular flexibility index (Phi) is 8.81. The Morgan fingerprint density at radius 2 is 0.946 bits per heavy atom. The van der Waals surface area contributed by atoms with Crippen molar-refractivity contribution in [3.05, 3.63) is 78.9 Å². The molecule has 4 unspecified atom stereocenters. The maximum Gasteiger partial charge on any atom is 0.377 e. The van der Waals surface area contributed by atoms with Crippen LogP contribution in [0.15, 0.2) is 78.9 Å². The highest BCUT2D eigenvalue weighted by Gasteiger charge is 2.29. The Hall–Kier alpha value is -6.12. The first kappa shape index (κ1) is 35.6. The third-order valence-electron chi connectivity index (χ3n) is 8.43. The van der Waals surface area contributed by atoms with E-state index >= 15 is 0 Å². The molecular weight excluding hydrogens is 817 g/mol. The summed E-state index contributed by atoms with van der Waals surface area (Å²) in [5.41, 5.74) is 1.77. The zero-order valence-electron chi connectivity index (χ0n) is 27.3. The van der Waals surface area contributed by atoms with E-state index in [9.17, 15) is 35.0 Å². The summed E-state index contributed by atoms with van der Waals surface area (Å²) in [5, 5.41) is 0.776. The van der Waals surface area contributed by atoms with Crippen LogP contribution in [0.3, 0.4) is 0 Å². The molecule has 0 amide bonds. The molecule has 4 atom stereocenters. The lowest BCUT2D eigenvalue weighted by Crippen LogP contribution is -2.14. The summed E-state index contributed by atoms with van der Waals surface area (Å²) < 4.78 is 109. The Labute approximate surface area is 321 Å². The first-order valence-corrected chi connectivity index (χ1v) is 19.7. The lowest BCUT2D eigenvalue weighted by Gasteiger charge is -2.12. The molecule has 0 spiro atoms. The number of aromatic amines is 1. The Morgan fingerprint density at radius 1 is 0.500 bits per heavy atom. The lowest BCUT2D eigenvalue weighted by atomic mass is 10.1. The van der Waals surface area contributed by atoms with E-state index in [0.29, 0.717) is 33.0 Å². The molecule has 3 aromatic heterocycles. The van der Waals surface area contributed by atoms with Gasteiger partial charge in [-0.25, -0.2) is 29.9 Å². The second-order valence-electron chi connectivity index (χ2n) is 11.5. The van der Waals surface area contributed by atoms with E-state index in [1.807, 2.05) is 0 Å². The minimum absolute atomic E-state index is 0.0145. The average molecular weight is 835 g/mol. The first-order valence-electron chi connectivity index (χ1n) is 15.5. The molecule has 2 aliphatic heterocycles. The molecule has 5 N–H and O–H groups in total. The van der Waals surface area contributed by atoms with Crippen molar-refractivity contribution >= 4 is 89.6 Å². The minimum atomic E-state index is -3.12. The largest absolute Gasteiger partial charge is 0.377 e. The van der Waals surface area contributed by atoms with Crippen molar-refractivity contribution in [3.63, 3.8) is 0 Å². The number of hydrogen-bond acceptors (Lipinski definition) is 14. The van der Waals surface area contributed by atoms with Crippen molar-refractivity contribution in [1.82, 2.24) is 39.6 Å². The smallest absolute Gasteiger partial charge is 0.376 e. The van der Waals surface area contributed by atoms with Crippen molar-refractivity contribution in [2.75, 3.05) is 0 Å². The summed E-state index contributed by atoms with van der Waals surface area (Å²) >= 11 is -12.1. The number of nitrogens with one attached hydrogen (secondary N) is 1. The van der Waals surface area contributed by atoms with Crippen molar-refractivity contribution in [1.29, 1.82) is 0 Å². The van der Waals surface area contributed by atoms with Crippen molar-refractivity contribution in [2.45, 2.75) is 0 Å². The summed E-state index contributed by atoms with van der Waals surface area (Å²) in [7, 11) is 0. The van der Waals surface area contributed by atoms with Crippen molar-refractivity contribution in [3.8, 4) is 62.8 Å². The van der Waals surface area contributed by atoms with Gasteiger partial charge >= 0.3 is 45.4 Å².